The molecular weight excluding hydrogens is 320 g/mol. The van der Waals surface area contributed by atoms with Crippen LogP contribution < -0.4 is 11.2 Å². The van der Waals surface area contributed by atoms with E-state index in [0.717, 1.165) is 16.6 Å². The Labute approximate surface area is 138 Å². The first-order valence-electron chi connectivity index (χ1n) is 7.57. The molecule has 0 aliphatic rings. The molecule has 0 aliphatic heterocycles. The van der Waals surface area contributed by atoms with E-state index in [9.17, 15) is 9.59 Å². The first-order chi connectivity index (χ1) is 10.9. The van der Waals surface area contributed by atoms with Crippen molar-refractivity contribution in [3.63, 3.8) is 0 Å². The van der Waals surface area contributed by atoms with Crippen molar-refractivity contribution in [2.45, 2.75) is 46.3 Å². The summed E-state index contributed by atoms with van der Waals surface area (Å²) in [5, 5.41) is 9.16. The predicted octanol–water partition coefficient (Wildman–Crippen LogP) is 1.38. The minimum Gasteiger partial charge on any atom is -0.396 e. The van der Waals surface area contributed by atoms with E-state index in [0.29, 0.717) is 30.7 Å². The summed E-state index contributed by atoms with van der Waals surface area (Å²) in [6.07, 6.45) is 1.05. The zero-order valence-corrected chi connectivity index (χ0v) is 14.1. The average Bonchev–Trinajstić information content (AvgIpc) is 2.80. The number of allylic oxidation sites excluding steroid dienone is 1. The summed E-state index contributed by atoms with van der Waals surface area (Å²) in [5.74, 6) is 0. The number of aliphatic hydroxyl groups is 1. The van der Waals surface area contributed by atoms with Crippen molar-refractivity contribution < 1.29 is 5.11 Å². The standard InChI is InChI=1S/C15H21ClN4O3/c1-4-6-18-12-11(20(9-10(2)3)14(16)17-12)13(22)19(15(18)23)7-5-8-21/h21H,2,4-9H2,1,3H3. The summed E-state index contributed by atoms with van der Waals surface area (Å²) in [6, 6.07) is 0. The number of nitrogens with zero attached hydrogens (tertiary/aromatic N) is 4. The van der Waals surface area contributed by atoms with Gasteiger partial charge in [0.25, 0.3) is 5.56 Å². The van der Waals surface area contributed by atoms with Crippen LogP contribution in [0.4, 0.5) is 0 Å². The number of rotatable bonds is 7. The number of aliphatic hydroxyl groups excluding tert-OH is 1. The van der Waals surface area contributed by atoms with E-state index in [4.69, 9.17) is 16.7 Å². The van der Waals surface area contributed by atoms with E-state index in [2.05, 4.69) is 11.6 Å². The second-order valence-electron chi connectivity index (χ2n) is 5.56. The lowest BCUT2D eigenvalue weighted by atomic mass is 10.3. The highest BCUT2D eigenvalue weighted by atomic mass is 35.5. The first-order valence-corrected chi connectivity index (χ1v) is 7.94. The van der Waals surface area contributed by atoms with Crippen molar-refractivity contribution in [2.24, 2.45) is 0 Å². The largest absolute Gasteiger partial charge is 0.396 e. The molecule has 126 valence electrons. The highest BCUT2D eigenvalue weighted by Crippen LogP contribution is 2.17. The van der Waals surface area contributed by atoms with Crippen LogP contribution in [0.1, 0.15) is 26.7 Å². The summed E-state index contributed by atoms with van der Waals surface area (Å²) >= 11 is 6.17. The van der Waals surface area contributed by atoms with Gasteiger partial charge in [-0.2, -0.15) is 4.98 Å². The topological polar surface area (TPSA) is 82.1 Å². The molecule has 0 unspecified atom stereocenters. The van der Waals surface area contributed by atoms with Gasteiger partial charge in [0.1, 0.15) is 0 Å². The van der Waals surface area contributed by atoms with Crippen LogP contribution in [0.5, 0.6) is 0 Å². The molecule has 1 N–H and O–H groups in total. The summed E-state index contributed by atoms with van der Waals surface area (Å²) in [5.41, 5.74) is 0.555. The Morgan fingerprint density at radius 2 is 1.96 bits per heavy atom. The maximum Gasteiger partial charge on any atom is 0.332 e. The van der Waals surface area contributed by atoms with Crippen LogP contribution in [0.15, 0.2) is 21.7 Å². The third kappa shape index (κ3) is 3.25. The Morgan fingerprint density at radius 1 is 1.26 bits per heavy atom. The molecule has 2 heterocycles. The molecule has 8 heteroatoms. The van der Waals surface area contributed by atoms with Crippen molar-refractivity contribution in [3.05, 3.63) is 38.3 Å². The normalized spacial score (nSPS) is 11.3. The van der Waals surface area contributed by atoms with Crippen molar-refractivity contribution in [1.29, 1.82) is 0 Å². The number of halogens is 1. The van der Waals surface area contributed by atoms with Gasteiger partial charge >= 0.3 is 5.69 Å². The molecule has 0 atom stereocenters. The smallest absolute Gasteiger partial charge is 0.332 e. The van der Waals surface area contributed by atoms with Crippen molar-refractivity contribution in [1.82, 2.24) is 18.7 Å². The monoisotopic (exact) mass is 340 g/mol. The maximum atomic E-state index is 12.7. The quantitative estimate of drug-likeness (QED) is 0.610. The van der Waals surface area contributed by atoms with Crippen LogP contribution in [-0.4, -0.2) is 30.4 Å². The van der Waals surface area contributed by atoms with Gasteiger partial charge in [-0.25, -0.2) is 4.79 Å². The second kappa shape index (κ2) is 7.14. The lowest BCUT2D eigenvalue weighted by molar-refractivity contribution is 0.277. The Kier molecular flexibility index (Phi) is 5.43. The van der Waals surface area contributed by atoms with Crippen molar-refractivity contribution in [3.8, 4) is 0 Å². The van der Waals surface area contributed by atoms with Gasteiger partial charge in [0, 0.05) is 26.2 Å². The summed E-state index contributed by atoms with van der Waals surface area (Å²) in [4.78, 5) is 29.5. The molecule has 0 saturated heterocycles. The van der Waals surface area contributed by atoms with Crippen LogP contribution in [0.25, 0.3) is 11.2 Å². The van der Waals surface area contributed by atoms with E-state index in [1.807, 2.05) is 13.8 Å². The summed E-state index contributed by atoms with van der Waals surface area (Å²) in [6.45, 7) is 8.46. The lowest BCUT2D eigenvalue weighted by Gasteiger charge is -2.11. The predicted molar refractivity (Wildman–Crippen MR) is 90.1 cm³/mol. The van der Waals surface area contributed by atoms with Crippen LogP contribution in [0.3, 0.4) is 0 Å². The zero-order chi connectivity index (χ0) is 17.1. The number of aryl methyl sites for hydroxylation is 1. The molecule has 0 aromatic carbocycles. The fourth-order valence-corrected chi connectivity index (χ4v) is 2.75. The molecule has 0 fully saturated rings. The van der Waals surface area contributed by atoms with Gasteiger partial charge in [-0.15, -0.1) is 0 Å². The maximum absolute atomic E-state index is 12.7. The first kappa shape index (κ1) is 17.5. The highest BCUT2D eigenvalue weighted by molar-refractivity contribution is 6.29. The number of hydrogen-bond donors (Lipinski definition) is 1. The molecule has 0 saturated carbocycles. The molecule has 0 aliphatic carbocycles. The Bertz CT molecular complexity index is 847. The number of fused-ring (bicyclic) bond motifs is 1. The molecule has 2 aromatic rings. The fourth-order valence-electron chi connectivity index (χ4n) is 2.53. The van der Waals surface area contributed by atoms with Gasteiger partial charge in [-0.3, -0.25) is 13.9 Å². The number of imidazole rings is 1. The molecule has 0 spiro atoms. The Hall–Kier alpha value is -1.86. The van der Waals surface area contributed by atoms with Crippen LogP contribution in [-0.2, 0) is 19.6 Å². The van der Waals surface area contributed by atoms with E-state index in [-0.39, 0.29) is 18.4 Å². The second-order valence-corrected chi connectivity index (χ2v) is 5.90. The van der Waals surface area contributed by atoms with Gasteiger partial charge in [0.15, 0.2) is 11.2 Å². The average molecular weight is 341 g/mol. The number of hydrogen-bond acceptors (Lipinski definition) is 4. The van der Waals surface area contributed by atoms with E-state index < -0.39 is 11.2 Å². The van der Waals surface area contributed by atoms with E-state index in [1.165, 1.54) is 4.57 Å². The fraction of sp³-hybridized carbons (Fsp3) is 0.533. The molecule has 0 bridgehead atoms. The lowest BCUT2D eigenvalue weighted by Crippen LogP contribution is -2.41. The van der Waals surface area contributed by atoms with Crippen LogP contribution in [0.2, 0.25) is 5.28 Å². The van der Waals surface area contributed by atoms with Crippen molar-refractivity contribution in [2.75, 3.05) is 6.61 Å². The molecule has 0 amide bonds. The van der Waals surface area contributed by atoms with Gasteiger partial charge in [-0.1, -0.05) is 19.1 Å². The molecular formula is C15H21ClN4O3. The SMILES string of the molecule is C=C(C)Cn1c(Cl)nc2c1c(=O)n(CCCO)c(=O)n2CCC. The third-order valence-corrected chi connectivity index (χ3v) is 3.77. The molecule has 7 nitrogen and oxygen atoms in total. The highest BCUT2D eigenvalue weighted by Gasteiger charge is 2.20. The minimum absolute atomic E-state index is 0.0938. The minimum atomic E-state index is -0.438. The Balaban J connectivity index is 2.84. The van der Waals surface area contributed by atoms with Crippen LogP contribution in [0, 0.1) is 0 Å². The molecule has 0 radical (unpaired) electrons. The van der Waals surface area contributed by atoms with E-state index in [1.54, 1.807) is 4.57 Å². The zero-order valence-electron chi connectivity index (χ0n) is 13.4. The van der Waals surface area contributed by atoms with E-state index >= 15 is 0 Å². The molecule has 23 heavy (non-hydrogen) atoms. The summed E-state index contributed by atoms with van der Waals surface area (Å²) in [7, 11) is 0. The van der Waals surface area contributed by atoms with Crippen LogP contribution >= 0.6 is 11.6 Å². The van der Waals surface area contributed by atoms with Gasteiger partial charge in [0.05, 0.1) is 0 Å². The van der Waals surface area contributed by atoms with Gasteiger partial charge in [0.2, 0.25) is 5.28 Å². The Morgan fingerprint density at radius 3 is 2.52 bits per heavy atom. The summed E-state index contributed by atoms with van der Waals surface area (Å²) < 4.78 is 4.18. The molecule has 2 rings (SSSR count). The van der Waals surface area contributed by atoms with Gasteiger partial charge < -0.3 is 9.67 Å². The third-order valence-electron chi connectivity index (χ3n) is 3.48. The number of aromatic nitrogens is 4. The van der Waals surface area contributed by atoms with Gasteiger partial charge in [-0.05, 0) is 31.4 Å². The van der Waals surface area contributed by atoms with Crippen molar-refractivity contribution >= 4 is 22.8 Å². The molecule has 2 aromatic heterocycles.